The van der Waals surface area contributed by atoms with E-state index in [-0.39, 0.29) is 0 Å². The van der Waals surface area contributed by atoms with Crippen LogP contribution in [-0.2, 0) is 11.3 Å². The molecule has 2 aromatic heterocycles. The van der Waals surface area contributed by atoms with E-state index in [1.165, 1.54) is 0 Å². The number of rotatable bonds is 2. The van der Waals surface area contributed by atoms with Crippen molar-refractivity contribution >= 4 is 11.7 Å². The maximum atomic E-state index is 11.6. The van der Waals surface area contributed by atoms with Gasteiger partial charge in [0, 0.05) is 11.9 Å². The van der Waals surface area contributed by atoms with Crippen molar-refractivity contribution in [1.29, 1.82) is 0 Å². The SMILES string of the molecule is Cc1cn2c(CNC(=O)OC(C)(C)C)cccc2n1. The van der Waals surface area contributed by atoms with E-state index < -0.39 is 11.7 Å². The van der Waals surface area contributed by atoms with E-state index >= 15 is 0 Å². The summed E-state index contributed by atoms with van der Waals surface area (Å²) in [6, 6.07) is 5.81. The van der Waals surface area contributed by atoms with Crippen molar-refractivity contribution in [3.8, 4) is 0 Å². The second-order valence-electron chi connectivity index (χ2n) is 5.48. The molecule has 0 bridgehead atoms. The zero-order valence-corrected chi connectivity index (χ0v) is 11.7. The Morgan fingerprint density at radius 2 is 2.16 bits per heavy atom. The van der Waals surface area contributed by atoms with Gasteiger partial charge in [0.2, 0.25) is 0 Å². The third kappa shape index (κ3) is 3.47. The number of carbonyl (C=O) groups is 1. The van der Waals surface area contributed by atoms with Crippen LogP contribution in [0.5, 0.6) is 0 Å². The highest BCUT2D eigenvalue weighted by atomic mass is 16.6. The van der Waals surface area contributed by atoms with Gasteiger partial charge in [-0.05, 0) is 39.8 Å². The number of hydrogen-bond acceptors (Lipinski definition) is 3. The molecule has 0 aliphatic carbocycles. The standard InChI is InChI=1S/C14H19N3O2/c1-10-9-17-11(6-5-7-12(17)16-10)8-15-13(18)19-14(2,3)4/h5-7,9H,8H2,1-4H3,(H,15,18). The van der Waals surface area contributed by atoms with Crippen LogP contribution in [0.4, 0.5) is 4.79 Å². The number of pyridine rings is 1. The summed E-state index contributed by atoms with van der Waals surface area (Å²) < 4.78 is 7.17. The van der Waals surface area contributed by atoms with Gasteiger partial charge in [-0.25, -0.2) is 9.78 Å². The molecule has 0 saturated heterocycles. The van der Waals surface area contributed by atoms with Gasteiger partial charge in [0.25, 0.3) is 0 Å². The molecule has 0 fully saturated rings. The molecule has 0 radical (unpaired) electrons. The number of carbonyl (C=O) groups excluding carboxylic acids is 1. The monoisotopic (exact) mass is 261 g/mol. The van der Waals surface area contributed by atoms with Crippen molar-refractivity contribution in [1.82, 2.24) is 14.7 Å². The van der Waals surface area contributed by atoms with Gasteiger partial charge in [0.05, 0.1) is 12.2 Å². The summed E-state index contributed by atoms with van der Waals surface area (Å²) in [7, 11) is 0. The summed E-state index contributed by atoms with van der Waals surface area (Å²) in [5.41, 5.74) is 2.30. The number of ether oxygens (including phenoxy) is 1. The third-order valence-electron chi connectivity index (χ3n) is 2.51. The molecule has 1 amide bonds. The quantitative estimate of drug-likeness (QED) is 0.904. The first-order valence-corrected chi connectivity index (χ1v) is 6.25. The summed E-state index contributed by atoms with van der Waals surface area (Å²) in [5, 5.41) is 2.75. The first-order valence-electron chi connectivity index (χ1n) is 6.25. The highest BCUT2D eigenvalue weighted by molar-refractivity contribution is 5.67. The van der Waals surface area contributed by atoms with Gasteiger partial charge in [0.1, 0.15) is 11.2 Å². The van der Waals surface area contributed by atoms with Crippen molar-refractivity contribution in [2.75, 3.05) is 0 Å². The number of nitrogens with one attached hydrogen (secondary N) is 1. The fraction of sp³-hybridized carbons (Fsp3) is 0.429. The van der Waals surface area contributed by atoms with E-state index in [9.17, 15) is 4.79 Å². The Kier molecular flexibility index (Phi) is 3.46. The minimum absolute atomic E-state index is 0.405. The topological polar surface area (TPSA) is 55.6 Å². The highest BCUT2D eigenvalue weighted by Crippen LogP contribution is 2.10. The van der Waals surface area contributed by atoms with Crippen LogP contribution in [0.25, 0.3) is 5.65 Å². The summed E-state index contributed by atoms with van der Waals surface area (Å²) in [6.07, 6.45) is 1.53. The van der Waals surface area contributed by atoms with Crippen LogP contribution >= 0.6 is 0 Å². The predicted molar refractivity (Wildman–Crippen MR) is 73.0 cm³/mol. The van der Waals surface area contributed by atoms with Crippen LogP contribution in [-0.4, -0.2) is 21.1 Å². The van der Waals surface area contributed by atoms with Crippen LogP contribution in [0.15, 0.2) is 24.4 Å². The van der Waals surface area contributed by atoms with Crippen molar-refractivity contribution in [2.24, 2.45) is 0 Å². The lowest BCUT2D eigenvalue weighted by molar-refractivity contribution is 0.0523. The first-order chi connectivity index (χ1) is 8.85. The Morgan fingerprint density at radius 1 is 1.42 bits per heavy atom. The normalized spacial score (nSPS) is 11.6. The smallest absolute Gasteiger partial charge is 0.407 e. The molecule has 0 spiro atoms. The van der Waals surface area contributed by atoms with E-state index in [0.29, 0.717) is 6.54 Å². The molecule has 0 unspecified atom stereocenters. The lowest BCUT2D eigenvalue weighted by Gasteiger charge is -2.19. The zero-order chi connectivity index (χ0) is 14.0. The number of alkyl carbamates (subject to hydrolysis) is 1. The molecule has 0 saturated carbocycles. The van der Waals surface area contributed by atoms with Gasteiger partial charge >= 0.3 is 6.09 Å². The summed E-state index contributed by atoms with van der Waals surface area (Å²) >= 11 is 0. The number of amides is 1. The van der Waals surface area contributed by atoms with Crippen molar-refractivity contribution < 1.29 is 9.53 Å². The lowest BCUT2D eigenvalue weighted by Crippen LogP contribution is -2.32. The second kappa shape index (κ2) is 4.91. The van der Waals surface area contributed by atoms with Gasteiger partial charge < -0.3 is 14.5 Å². The van der Waals surface area contributed by atoms with Crippen LogP contribution in [0.3, 0.4) is 0 Å². The zero-order valence-electron chi connectivity index (χ0n) is 11.7. The Labute approximate surface area is 112 Å². The molecule has 1 N–H and O–H groups in total. The minimum atomic E-state index is -0.484. The van der Waals surface area contributed by atoms with Gasteiger partial charge in [-0.3, -0.25) is 0 Å². The minimum Gasteiger partial charge on any atom is -0.444 e. The Bertz CT molecular complexity index is 596. The second-order valence-corrected chi connectivity index (χ2v) is 5.48. The van der Waals surface area contributed by atoms with E-state index in [0.717, 1.165) is 17.0 Å². The molecule has 19 heavy (non-hydrogen) atoms. The third-order valence-corrected chi connectivity index (χ3v) is 2.51. The highest BCUT2D eigenvalue weighted by Gasteiger charge is 2.16. The van der Waals surface area contributed by atoms with E-state index in [1.54, 1.807) is 0 Å². The molecule has 0 aliphatic rings. The average molecular weight is 261 g/mol. The van der Waals surface area contributed by atoms with Gasteiger partial charge in [-0.2, -0.15) is 0 Å². The molecule has 2 heterocycles. The van der Waals surface area contributed by atoms with Crippen LogP contribution in [0, 0.1) is 6.92 Å². The fourth-order valence-corrected chi connectivity index (χ4v) is 1.81. The number of fused-ring (bicyclic) bond motifs is 1. The van der Waals surface area contributed by atoms with Crippen LogP contribution < -0.4 is 5.32 Å². The molecule has 0 aromatic carbocycles. The molecule has 2 rings (SSSR count). The number of hydrogen-bond donors (Lipinski definition) is 1. The lowest BCUT2D eigenvalue weighted by atomic mass is 10.2. The molecule has 5 heteroatoms. The van der Waals surface area contributed by atoms with Crippen LogP contribution in [0.2, 0.25) is 0 Å². The maximum Gasteiger partial charge on any atom is 0.407 e. The summed E-state index contributed by atoms with van der Waals surface area (Å²) in [5.74, 6) is 0. The van der Waals surface area contributed by atoms with Crippen molar-refractivity contribution in [3.63, 3.8) is 0 Å². The van der Waals surface area contributed by atoms with E-state index in [2.05, 4.69) is 10.3 Å². The molecular formula is C14H19N3O2. The molecule has 2 aromatic rings. The molecule has 0 atom stereocenters. The van der Waals surface area contributed by atoms with E-state index in [4.69, 9.17) is 4.74 Å². The van der Waals surface area contributed by atoms with E-state index in [1.807, 2.05) is 56.5 Å². The first kappa shape index (κ1) is 13.4. The number of aryl methyl sites for hydroxylation is 1. The van der Waals surface area contributed by atoms with Gasteiger partial charge in [0.15, 0.2) is 0 Å². The Morgan fingerprint density at radius 3 is 2.84 bits per heavy atom. The number of nitrogens with zero attached hydrogens (tertiary/aromatic N) is 2. The molecule has 0 aliphatic heterocycles. The molecule has 102 valence electrons. The molecular weight excluding hydrogens is 242 g/mol. The van der Waals surface area contributed by atoms with Gasteiger partial charge in [-0.15, -0.1) is 0 Å². The summed E-state index contributed by atoms with van der Waals surface area (Å²) in [6.45, 7) is 7.87. The van der Waals surface area contributed by atoms with Crippen molar-refractivity contribution in [3.05, 3.63) is 35.8 Å². The number of aromatic nitrogens is 2. The Balaban J connectivity index is 2.08. The average Bonchev–Trinajstić information content (AvgIpc) is 2.64. The Hall–Kier alpha value is -2.04. The largest absolute Gasteiger partial charge is 0.444 e. The van der Waals surface area contributed by atoms with Crippen LogP contribution in [0.1, 0.15) is 32.2 Å². The predicted octanol–water partition coefficient (Wildman–Crippen LogP) is 2.67. The summed E-state index contributed by atoms with van der Waals surface area (Å²) in [4.78, 5) is 16.0. The number of imidazole rings is 1. The fourth-order valence-electron chi connectivity index (χ4n) is 1.81. The van der Waals surface area contributed by atoms with Crippen molar-refractivity contribution in [2.45, 2.75) is 39.8 Å². The molecule has 5 nitrogen and oxygen atoms in total. The van der Waals surface area contributed by atoms with Gasteiger partial charge in [-0.1, -0.05) is 6.07 Å². The maximum absolute atomic E-state index is 11.6.